The summed E-state index contributed by atoms with van der Waals surface area (Å²) in [7, 11) is 0. The largest absolute Gasteiger partial charge is 0.481 e. The van der Waals surface area contributed by atoms with Crippen molar-refractivity contribution < 1.29 is 24.9 Å². The van der Waals surface area contributed by atoms with E-state index < -0.39 is 17.5 Å². The van der Waals surface area contributed by atoms with Crippen LogP contribution >= 0.6 is 0 Å². The summed E-state index contributed by atoms with van der Waals surface area (Å²) in [4.78, 5) is 11.2. The Labute approximate surface area is 193 Å². The van der Waals surface area contributed by atoms with Gasteiger partial charge in [-0.3, -0.25) is 4.79 Å². The molecule has 1 unspecified atom stereocenters. The maximum atomic E-state index is 11.2. The van der Waals surface area contributed by atoms with Crippen LogP contribution in [0.15, 0.2) is 60.7 Å². The maximum Gasteiger partial charge on any atom is 0.307 e. The van der Waals surface area contributed by atoms with Gasteiger partial charge in [-0.2, -0.15) is 0 Å². The van der Waals surface area contributed by atoms with E-state index in [0.29, 0.717) is 12.8 Å². The van der Waals surface area contributed by atoms with Gasteiger partial charge < -0.3 is 20.1 Å². The van der Waals surface area contributed by atoms with Crippen molar-refractivity contribution in [3.8, 4) is 0 Å². The van der Waals surface area contributed by atoms with Gasteiger partial charge >= 0.3 is 5.97 Å². The summed E-state index contributed by atoms with van der Waals surface area (Å²) in [6.07, 6.45) is 2.33. The van der Waals surface area contributed by atoms with E-state index in [1.807, 2.05) is 90.1 Å². The summed E-state index contributed by atoms with van der Waals surface area (Å²) in [5.74, 6) is -3.04. The molecular weight excluding hydrogens is 404 g/mol. The molecule has 0 aromatic heterocycles. The van der Waals surface area contributed by atoms with Gasteiger partial charge in [-0.05, 0) is 49.7 Å². The number of carboxylic acids is 1. The quantitative estimate of drug-likeness (QED) is 0.407. The average Bonchev–Trinajstić information content (AvgIpc) is 2.68. The van der Waals surface area contributed by atoms with Crippen LogP contribution in [0, 0.1) is 11.3 Å². The minimum absolute atomic E-state index is 0.198. The molecule has 3 N–H and O–H groups in total. The lowest BCUT2D eigenvalue weighted by atomic mass is 9.73. The summed E-state index contributed by atoms with van der Waals surface area (Å²) in [6.45, 7) is 11.5. The first-order chi connectivity index (χ1) is 14.8. The highest BCUT2D eigenvalue weighted by Crippen LogP contribution is 2.33. The van der Waals surface area contributed by atoms with Gasteiger partial charge in [0, 0.05) is 6.42 Å². The fraction of sp³-hybridized carbons (Fsp3) is 0.519. The van der Waals surface area contributed by atoms with Crippen molar-refractivity contribution in [1.29, 1.82) is 0 Å². The predicted octanol–water partition coefficient (Wildman–Crippen LogP) is 5.74. The van der Waals surface area contributed by atoms with E-state index in [9.17, 15) is 20.1 Å². The number of rotatable bonds is 10. The lowest BCUT2D eigenvalue weighted by Crippen LogP contribution is -2.39. The molecule has 0 radical (unpaired) electrons. The molecule has 5 nitrogen and oxygen atoms in total. The van der Waals surface area contributed by atoms with Crippen molar-refractivity contribution >= 4 is 5.97 Å². The van der Waals surface area contributed by atoms with E-state index >= 15 is 0 Å². The molecule has 0 aliphatic heterocycles. The van der Waals surface area contributed by atoms with Crippen LogP contribution in [0.5, 0.6) is 0 Å². The van der Waals surface area contributed by atoms with Crippen molar-refractivity contribution in [3.63, 3.8) is 0 Å². The molecular formula is C27H40O5. The van der Waals surface area contributed by atoms with Crippen molar-refractivity contribution in [2.45, 2.75) is 78.8 Å². The normalized spacial score (nSPS) is 13.1. The number of carboxylic acid groups (broad SMARTS) is 1. The third-order valence-electron chi connectivity index (χ3n) is 5.62. The topological polar surface area (TPSA) is 87.0 Å². The first kappa shape index (κ1) is 27.8. The fourth-order valence-corrected chi connectivity index (χ4v) is 3.99. The van der Waals surface area contributed by atoms with Crippen LogP contribution in [0.1, 0.15) is 71.9 Å². The molecule has 0 bridgehead atoms. The van der Waals surface area contributed by atoms with Crippen LogP contribution < -0.4 is 0 Å². The summed E-state index contributed by atoms with van der Waals surface area (Å²) in [5, 5.41) is 28.5. The number of benzene rings is 2. The second-order valence-electron chi connectivity index (χ2n) is 9.42. The van der Waals surface area contributed by atoms with Gasteiger partial charge in [-0.15, -0.1) is 0 Å². The zero-order valence-electron chi connectivity index (χ0n) is 20.3. The van der Waals surface area contributed by atoms with Gasteiger partial charge in [0.2, 0.25) is 0 Å². The Morgan fingerprint density at radius 2 is 1.41 bits per heavy atom. The van der Waals surface area contributed by atoms with Crippen molar-refractivity contribution in [2.75, 3.05) is 0 Å². The Kier molecular flexibility index (Phi) is 10.6. The molecule has 0 amide bonds. The molecule has 2 aromatic rings. The van der Waals surface area contributed by atoms with Gasteiger partial charge in [0.05, 0.1) is 11.5 Å². The van der Waals surface area contributed by atoms with Crippen LogP contribution in [0.4, 0.5) is 0 Å². The number of carbonyl (C=O) groups is 1. The molecule has 0 heterocycles. The van der Waals surface area contributed by atoms with E-state index in [0.717, 1.165) is 12.0 Å². The number of ether oxygens (including phenoxy) is 1. The van der Waals surface area contributed by atoms with Crippen LogP contribution in [-0.2, 0) is 21.6 Å². The molecule has 32 heavy (non-hydrogen) atoms. The van der Waals surface area contributed by atoms with Crippen molar-refractivity contribution in [1.82, 2.24) is 0 Å². The molecule has 0 saturated carbocycles. The van der Waals surface area contributed by atoms with E-state index in [-0.39, 0.29) is 17.8 Å². The minimum Gasteiger partial charge on any atom is -0.481 e. The Bertz CT molecular complexity index is 797. The van der Waals surface area contributed by atoms with Gasteiger partial charge in [0.1, 0.15) is 0 Å². The molecule has 0 aliphatic rings. The first-order valence-corrected chi connectivity index (χ1v) is 11.3. The molecule has 1 atom stereocenters. The zero-order valence-corrected chi connectivity index (χ0v) is 20.3. The smallest absolute Gasteiger partial charge is 0.307 e. The van der Waals surface area contributed by atoms with Crippen LogP contribution in [-0.4, -0.2) is 27.3 Å². The Balaban J connectivity index is 0.000000320. The third kappa shape index (κ3) is 9.11. The van der Waals surface area contributed by atoms with Gasteiger partial charge in [0.25, 0.3) is 5.97 Å². The molecule has 0 saturated heterocycles. The summed E-state index contributed by atoms with van der Waals surface area (Å²) >= 11 is 0. The highest BCUT2D eigenvalue weighted by molar-refractivity contribution is 5.71. The van der Waals surface area contributed by atoms with Crippen LogP contribution in [0.2, 0.25) is 0 Å². The predicted molar refractivity (Wildman–Crippen MR) is 128 cm³/mol. The second-order valence-corrected chi connectivity index (χ2v) is 9.42. The Morgan fingerprint density at radius 3 is 1.84 bits per heavy atom. The fourth-order valence-electron chi connectivity index (χ4n) is 3.99. The van der Waals surface area contributed by atoms with Crippen molar-refractivity contribution in [2.24, 2.45) is 11.3 Å². The lowest BCUT2D eigenvalue weighted by Gasteiger charge is -2.33. The maximum absolute atomic E-state index is 11.2. The third-order valence-corrected chi connectivity index (χ3v) is 5.62. The summed E-state index contributed by atoms with van der Waals surface area (Å²) in [5.41, 5.74) is 1.19. The highest BCUT2D eigenvalue weighted by Gasteiger charge is 2.34. The second kappa shape index (κ2) is 12.1. The summed E-state index contributed by atoms with van der Waals surface area (Å²) < 4.78 is 5.36. The molecule has 0 aliphatic carbocycles. The number of hydrogen-bond donors (Lipinski definition) is 3. The molecule has 2 aromatic carbocycles. The number of aliphatic carboxylic acids is 1. The van der Waals surface area contributed by atoms with E-state index in [1.165, 1.54) is 5.56 Å². The molecule has 0 fully saturated rings. The monoisotopic (exact) mass is 444 g/mol. The van der Waals surface area contributed by atoms with Crippen LogP contribution in [0.25, 0.3) is 0 Å². The highest BCUT2D eigenvalue weighted by atomic mass is 16.8. The van der Waals surface area contributed by atoms with E-state index in [2.05, 4.69) is 12.1 Å². The molecule has 178 valence electrons. The molecule has 2 rings (SSSR count). The number of aliphatic hydroxyl groups is 2. The Hall–Kier alpha value is -2.21. The van der Waals surface area contributed by atoms with Gasteiger partial charge in [0.15, 0.2) is 0 Å². The van der Waals surface area contributed by atoms with E-state index in [4.69, 9.17) is 4.74 Å². The SMILES string of the molecule is CCC(C(=O)O)C(C)(C)Cc1ccccc1.CCCC(O)(O)OC(C)(C)c1ccccc1. The number of hydrogen-bond acceptors (Lipinski definition) is 4. The van der Waals surface area contributed by atoms with Crippen LogP contribution in [0.3, 0.4) is 0 Å². The minimum atomic E-state index is -2.06. The van der Waals surface area contributed by atoms with Gasteiger partial charge in [-0.25, -0.2) is 0 Å². The molecule has 5 heteroatoms. The standard InChI is InChI=1S/C14H20O2.C13H20O3/c1-4-12(13(15)16)14(2,3)10-11-8-6-5-7-9-11;1-4-10-13(14,15)16-12(2,3)11-8-6-5-7-9-11/h5-9,12H,4,10H2,1-3H3,(H,15,16);5-9,14-15H,4,10H2,1-3H3. The van der Waals surface area contributed by atoms with Gasteiger partial charge in [-0.1, -0.05) is 88.4 Å². The lowest BCUT2D eigenvalue weighted by molar-refractivity contribution is -0.377. The molecule has 0 spiro atoms. The summed E-state index contributed by atoms with van der Waals surface area (Å²) in [6, 6.07) is 19.6. The zero-order chi connectivity index (χ0) is 24.4. The average molecular weight is 445 g/mol. The Morgan fingerprint density at radius 1 is 0.906 bits per heavy atom. The van der Waals surface area contributed by atoms with E-state index in [1.54, 1.807) is 0 Å². The first-order valence-electron chi connectivity index (χ1n) is 11.3. The van der Waals surface area contributed by atoms with Crippen molar-refractivity contribution in [3.05, 3.63) is 71.8 Å².